The monoisotopic (exact) mass is 515 g/mol. The van der Waals surface area contributed by atoms with Crippen LogP contribution in [-0.2, 0) is 20.0 Å². The summed E-state index contributed by atoms with van der Waals surface area (Å²) < 4.78 is 54.8. The molecule has 0 aliphatic carbocycles. The van der Waals surface area contributed by atoms with Crippen LogP contribution in [0.2, 0.25) is 0 Å². The van der Waals surface area contributed by atoms with Crippen molar-refractivity contribution in [2.24, 2.45) is 0 Å². The number of para-hydroxylation sites is 2. The lowest BCUT2D eigenvalue weighted by molar-refractivity contribution is 0.107. The fourth-order valence-electron chi connectivity index (χ4n) is 3.55. The normalized spacial score (nSPS) is 11.5. The van der Waals surface area contributed by atoms with Gasteiger partial charge in [-0.3, -0.25) is 9.52 Å². The molecule has 0 atom stereocenters. The first-order valence-corrected chi connectivity index (χ1v) is 13.4. The number of rotatable bonds is 6. The van der Waals surface area contributed by atoms with Gasteiger partial charge in [0.25, 0.3) is 15.1 Å². The van der Waals surface area contributed by atoms with E-state index in [0.29, 0.717) is 11.1 Å². The predicted octanol–water partition coefficient (Wildman–Crippen LogP) is 4.01. The molecule has 11 heteroatoms. The average Bonchev–Trinajstić information content (AvgIpc) is 2.74. The first kappa shape index (κ1) is 25.9. The van der Waals surface area contributed by atoms with Crippen LogP contribution in [0.1, 0.15) is 32.6 Å². The molecule has 184 valence electrons. The first-order chi connectivity index (χ1) is 16.3. The van der Waals surface area contributed by atoms with Gasteiger partial charge >= 0.3 is 16.1 Å². The van der Waals surface area contributed by atoms with E-state index in [9.17, 15) is 26.4 Å². The van der Waals surface area contributed by atoms with Crippen LogP contribution < -0.4 is 14.8 Å². The van der Waals surface area contributed by atoms with Gasteiger partial charge in [-0.25, -0.2) is 17.9 Å². The third-order valence-corrected chi connectivity index (χ3v) is 7.63. The van der Waals surface area contributed by atoms with Crippen molar-refractivity contribution in [3.63, 3.8) is 0 Å². The molecule has 0 saturated carbocycles. The minimum atomic E-state index is -4.54. The lowest BCUT2D eigenvalue weighted by Gasteiger charge is -2.15. The molecule has 0 aliphatic rings. The van der Waals surface area contributed by atoms with Crippen molar-refractivity contribution in [2.75, 3.05) is 10.0 Å². The van der Waals surface area contributed by atoms with Crippen LogP contribution >= 0.6 is 0 Å². The van der Waals surface area contributed by atoms with Gasteiger partial charge in [-0.1, -0.05) is 47.5 Å². The molecule has 0 fully saturated rings. The highest BCUT2D eigenvalue weighted by Crippen LogP contribution is 2.25. The van der Waals surface area contributed by atoms with Gasteiger partial charge in [0.2, 0.25) is 0 Å². The predicted molar refractivity (Wildman–Crippen MR) is 134 cm³/mol. The highest BCUT2D eigenvalue weighted by atomic mass is 32.2. The van der Waals surface area contributed by atoms with E-state index in [1.807, 2.05) is 11.6 Å². The van der Waals surface area contributed by atoms with Crippen molar-refractivity contribution in [2.45, 2.75) is 32.6 Å². The molecular formula is C24H25N3O6S2. The Labute approximate surface area is 204 Å². The third-order valence-electron chi connectivity index (χ3n) is 5.10. The number of hydrogen-bond donors (Lipinski definition) is 3. The summed E-state index contributed by atoms with van der Waals surface area (Å²) in [7, 11) is -8.71. The van der Waals surface area contributed by atoms with E-state index in [4.69, 9.17) is 0 Å². The van der Waals surface area contributed by atoms with Crippen LogP contribution in [0, 0.1) is 27.7 Å². The molecule has 2 amide bonds. The van der Waals surface area contributed by atoms with Gasteiger partial charge in [0.15, 0.2) is 0 Å². The van der Waals surface area contributed by atoms with Crippen LogP contribution in [0.15, 0.2) is 65.6 Å². The maximum absolute atomic E-state index is 12.9. The molecule has 0 saturated heterocycles. The molecule has 0 radical (unpaired) electrons. The van der Waals surface area contributed by atoms with Crippen molar-refractivity contribution in [3.8, 4) is 0 Å². The van der Waals surface area contributed by atoms with Gasteiger partial charge in [0.1, 0.15) is 0 Å². The first-order valence-electron chi connectivity index (χ1n) is 10.4. The Balaban J connectivity index is 1.82. The largest absolute Gasteiger partial charge is 0.333 e. The summed E-state index contributed by atoms with van der Waals surface area (Å²) in [4.78, 5) is 25.2. The summed E-state index contributed by atoms with van der Waals surface area (Å²) in [6.07, 6.45) is 0. The number of aryl methyl sites for hydroxylation is 4. The number of nitrogens with one attached hydrogen (secondary N) is 3. The number of carbonyl (C=O) groups is 2. The second-order valence-corrected chi connectivity index (χ2v) is 11.3. The highest BCUT2D eigenvalue weighted by Gasteiger charge is 2.28. The fourth-order valence-corrected chi connectivity index (χ4v) is 5.61. The van der Waals surface area contributed by atoms with E-state index in [0.717, 1.165) is 11.1 Å². The summed E-state index contributed by atoms with van der Waals surface area (Å²) in [6, 6.07) is 13.9. The van der Waals surface area contributed by atoms with E-state index < -0.39 is 31.2 Å². The van der Waals surface area contributed by atoms with Crippen LogP contribution in [0.5, 0.6) is 0 Å². The number of carbonyl (C=O) groups excluding carboxylic acids is 2. The van der Waals surface area contributed by atoms with E-state index in [1.54, 1.807) is 45.0 Å². The minimum absolute atomic E-state index is 0.0437. The van der Waals surface area contributed by atoms with Crippen molar-refractivity contribution >= 4 is 42.6 Å². The van der Waals surface area contributed by atoms with Crippen molar-refractivity contribution < 1.29 is 26.4 Å². The number of amides is 2. The Bertz CT molecular complexity index is 1490. The molecule has 0 aliphatic heterocycles. The second kappa shape index (κ2) is 9.88. The number of sulfonamides is 2. The zero-order chi connectivity index (χ0) is 26.0. The Morgan fingerprint density at radius 3 is 1.83 bits per heavy atom. The SMILES string of the molecule is Cc1ccc(S(=O)(=O)NC(=O)Nc2ccccc2NS(=O)(=O)C(=O)c2c(C)cc(C)cc2C)cc1. The smallest absolute Gasteiger partial charge is 0.305 e. The van der Waals surface area contributed by atoms with E-state index >= 15 is 0 Å². The Hall–Kier alpha value is -3.70. The molecule has 0 heterocycles. The van der Waals surface area contributed by atoms with Gasteiger partial charge in [-0.05, 0) is 63.1 Å². The fraction of sp³-hybridized carbons (Fsp3) is 0.167. The molecule has 0 bridgehead atoms. The van der Waals surface area contributed by atoms with Crippen LogP contribution in [0.4, 0.5) is 16.2 Å². The van der Waals surface area contributed by atoms with Gasteiger partial charge in [0.05, 0.1) is 16.3 Å². The summed E-state index contributed by atoms with van der Waals surface area (Å²) in [5.74, 6) is 0. The van der Waals surface area contributed by atoms with Gasteiger partial charge in [-0.2, -0.15) is 8.42 Å². The maximum Gasteiger partial charge on any atom is 0.333 e. The number of anilines is 2. The van der Waals surface area contributed by atoms with Gasteiger partial charge in [0, 0.05) is 5.56 Å². The number of benzene rings is 3. The maximum atomic E-state index is 12.9. The van der Waals surface area contributed by atoms with Crippen LogP contribution in [0.25, 0.3) is 0 Å². The molecule has 3 aromatic rings. The molecule has 9 nitrogen and oxygen atoms in total. The average molecular weight is 516 g/mol. The molecule has 3 N–H and O–H groups in total. The third kappa shape index (κ3) is 6.06. The standard InChI is InChI=1S/C24H25N3O6S2/c1-15-9-11-19(12-10-15)34(30,31)27-24(29)25-20-7-5-6-8-21(20)26-35(32,33)23(28)22-17(3)13-16(2)14-18(22)4/h5-14,26H,1-4H3,(H2,25,27,29). The quantitative estimate of drug-likeness (QED) is 0.453. The molecule has 0 spiro atoms. The molecule has 35 heavy (non-hydrogen) atoms. The zero-order valence-electron chi connectivity index (χ0n) is 19.5. The molecule has 3 rings (SSSR count). The number of urea groups is 1. The summed E-state index contributed by atoms with van der Waals surface area (Å²) in [5.41, 5.74) is 2.69. The minimum Gasteiger partial charge on any atom is -0.305 e. The molecule has 3 aromatic carbocycles. The summed E-state index contributed by atoms with van der Waals surface area (Å²) >= 11 is 0. The topological polar surface area (TPSA) is 139 Å². The lowest BCUT2D eigenvalue weighted by Crippen LogP contribution is -2.34. The van der Waals surface area contributed by atoms with Crippen molar-refractivity contribution in [1.82, 2.24) is 4.72 Å². The number of hydrogen-bond acceptors (Lipinski definition) is 6. The zero-order valence-corrected chi connectivity index (χ0v) is 21.2. The summed E-state index contributed by atoms with van der Waals surface area (Å²) in [6.45, 7) is 6.93. The Morgan fingerprint density at radius 2 is 1.26 bits per heavy atom. The van der Waals surface area contributed by atoms with Gasteiger partial charge < -0.3 is 5.32 Å². The van der Waals surface area contributed by atoms with Crippen LogP contribution in [0.3, 0.4) is 0 Å². The van der Waals surface area contributed by atoms with E-state index in [-0.39, 0.29) is 21.8 Å². The Kier molecular flexibility index (Phi) is 7.32. The van der Waals surface area contributed by atoms with E-state index in [2.05, 4.69) is 10.0 Å². The van der Waals surface area contributed by atoms with Crippen molar-refractivity contribution in [3.05, 3.63) is 88.5 Å². The molecular weight excluding hydrogens is 490 g/mol. The van der Waals surface area contributed by atoms with E-state index in [1.165, 1.54) is 36.4 Å². The van der Waals surface area contributed by atoms with Gasteiger partial charge in [-0.15, -0.1) is 0 Å². The summed E-state index contributed by atoms with van der Waals surface area (Å²) in [5, 5.41) is 1.19. The second-order valence-electron chi connectivity index (χ2n) is 8.08. The lowest BCUT2D eigenvalue weighted by atomic mass is 10.0. The highest BCUT2D eigenvalue weighted by molar-refractivity contribution is 8.07. The van der Waals surface area contributed by atoms with Crippen LogP contribution in [-0.4, -0.2) is 28.0 Å². The Morgan fingerprint density at radius 1 is 0.714 bits per heavy atom. The molecule has 0 aromatic heterocycles. The molecule has 0 unspecified atom stereocenters. The van der Waals surface area contributed by atoms with Crippen molar-refractivity contribution in [1.29, 1.82) is 0 Å².